The molecule has 5 heteroatoms. The summed E-state index contributed by atoms with van der Waals surface area (Å²) in [7, 11) is 0. The van der Waals surface area contributed by atoms with Gasteiger partial charge in [-0.25, -0.2) is 9.97 Å². The first kappa shape index (κ1) is 11.3. The lowest BCUT2D eigenvalue weighted by molar-refractivity contribution is 0.244. The number of hydrogen-bond acceptors (Lipinski definition) is 5. The molecule has 0 atom stereocenters. The topological polar surface area (TPSA) is 67.9 Å². The number of nitrogens with two attached hydrogens (primary N) is 1. The van der Waals surface area contributed by atoms with Gasteiger partial charge in [0, 0.05) is 25.5 Å². The maximum atomic E-state index is 6.29. The molecule has 94 valence electrons. The molecule has 3 heterocycles. The Bertz CT molecular complexity index is 574. The monoisotopic (exact) mass is 243 g/mol. The third-order valence-electron chi connectivity index (χ3n) is 3.76. The first-order valence-corrected chi connectivity index (χ1v) is 6.20. The van der Waals surface area contributed by atoms with Crippen molar-refractivity contribution in [3.05, 3.63) is 24.5 Å². The lowest BCUT2D eigenvalue weighted by Gasteiger charge is -2.51. The number of nitrogens with zero attached hydrogens (tertiary/aromatic N) is 4. The first-order chi connectivity index (χ1) is 8.58. The molecule has 2 N–H and O–H groups in total. The SMILES string of the molecule is CC(C)C1(N)CN(c2ccc3nccnc3n2)C1. The molecule has 1 aliphatic heterocycles. The smallest absolute Gasteiger partial charge is 0.180 e. The number of rotatable bonds is 2. The quantitative estimate of drug-likeness (QED) is 0.858. The van der Waals surface area contributed by atoms with Crippen LogP contribution in [0.15, 0.2) is 24.5 Å². The summed E-state index contributed by atoms with van der Waals surface area (Å²) in [5.74, 6) is 1.42. The molecule has 0 amide bonds. The zero-order chi connectivity index (χ0) is 12.8. The molecule has 0 bridgehead atoms. The molecule has 1 saturated heterocycles. The van der Waals surface area contributed by atoms with Crippen molar-refractivity contribution in [3.63, 3.8) is 0 Å². The van der Waals surface area contributed by atoms with Crippen LogP contribution in [0.1, 0.15) is 13.8 Å². The number of hydrogen-bond donors (Lipinski definition) is 1. The van der Waals surface area contributed by atoms with E-state index in [2.05, 4.69) is 33.7 Å². The molecule has 0 saturated carbocycles. The maximum Gasteiger partial charge on any atom is 0.180 e. The Morgan fingerprint density at radius 1 is 1.22 bits per heavy atom. The minimum absolute atomic E-state index is 0.0843. The van der Waals surface area contributed by atoms with Crippen LogP contribution < -0.4 is 10.6 Å². The Morgan fingerprint density at radius 2 is 1.94 bits per heavy atom. The van der Waals surface area contributed by atoms with Gasteiger partial charge in [0.1, 0.15) is 11.3 Å². The van der Waals surface area contributed by atoms with E-state index in [4.69, 9.17) is 5.73 Å². The Morgan fingerprint density at radius 3 is 2.67 bits per heavy atom. The summed E-state index contributed by atoms with van der Waals surface area (Å²) < 4.78 is 0. The predicted molar refractivity (Wildman–Crippen MR) is 71.3 cm³/mol. The van der Waals surface area contributed by atoms with Crippen LogP contribution >= 0.6 is 0 Å². The molecule has 5 nitrogen and oxygen atoms in total. The van der Waals surface area contributed by atoms with Crippen molar-refractivity contribution in [1.82, 2.24) is 15.0 Å². The van der Waals surface area contributed by atoms with Crippen molar-refractivity contribution in [3.8, 4) is 0 Å². The number of pyridine rings is 1. The molecule has 2 aromatic rings. The van der Waals surface area contributed by atoms with Crippen LogP contribution in [0, 0.1) is 5.92 Å². The van der Waals surface area contributed by atoms with Crippen molar-refractivity contribution in [2.75, 3.05) is 18.0 Å². The second-order valence-electron chi connectivity index (χ2n) is 5.31. The maximum absolute atomic E-state index is 6.29. The molecule has 0 aliphatic carbocycles. The largest absolute Gasteiger partial charge is 0.353 e. The molecule has 2 aromatic heterocycles. The molecule has 0 unspecified atom stereocenters. The van der Waals surface area contributed by atoms with Gasteiger partial charge < -0.3 is 10.6 Å². The van der Waals surface area contributed by atoms with Gasteiger partial charge >= 0.3 is 0 Å². The van der Waals surface area contributed by atoms with Crippen LogP contribution in [0.5, 0.6) is 0 Å². The average Bonchev–Trinajstić information content (AvgIpc) is 2.34. The first-order valence-electron chi connectivity index (χ1n) is 6.20. The van der Waals surface area contributed by atoms with Crippen LogP contribution in [0.2, 0.25) is 0 Å². The van der Waals surface area contributed by atoms with Gasteiger partial charge in [-0.05, 0) is 18.1 Å². The molecular weight excluding hydrogens is 226 g/mol. The van der Waals surface area contributed by atoms with Gasteiger partial charge in [0.25, 0.3) is 0 Å². The minimum Gasteiger partial charge on any atom is -0.353 e. The van der Waals surface area contributed by atoms with E-state index in [1.165, 1.54) is 0 Å². The van der Waals surface area contributed by atoms with Gasteiger partial charge in [0.05, 0.1) is 5.54 Å². The molecule has 3 rings (SSSR count). The Labute approximate surface area is 106 Å². The van der Waals surface area contributed by atoms with E-state index in [9.17, 15) is 0 Å². The van der Waals surface area contributed by atoms with Gasteiger partial charge in [0.2, 0.25) is 0 Å². The average molecular weight is 243 g/mol. The molecule has 1 aliphatic rings. The highest BCUT2D eigenvalue weighted by molar-refractivity contribution is 5.72. The molecular formula is C13H17N5. The Balaban J connectivity index is 1.85. The summed E-state index contributed by atoms with van der Waals surface area (Å²) in [6.45, 7) is 6.03. The van der Waals surface area contributed by atoms with Crippen molar-refractivity contribution in [2.24, 2.45) is 11.7 Å². The van der Waals surface area contributed by atoms with Crippen LogP contribution in [-0.2, 0) is 0 Å². The highest BCUT2D eigenvalue weighted by atomic mass is 15.3. The number of fused-ring (bicyclic) bond motifs is 1. The summed E-state index contributed by atoms with van der Waals surface area (Å²) in [6, 6.07) is 3.94. The lowest BCUT2D eigenvalue weighted by Crippen LogP contribution is -2.70. The predicted octanol–water partition coefficient (Wildman–Crippen LogP) is 1.20. The van der Waals surface area contributed by atoms with E-state index in [0.717, 1.165) is 24.4 Å². The normalized spacial score (nSPS) is 18.1. The Kier molecular flexibility index (Phi) is 2.45. The van der Waals surface area contributed by atoms with Crippen LogP contribution in [0.3, 0.4) is 0 Å². The lowest BCUT2D eigenvalue weighted by atomic mass is 9.80. The van der Waals surface area contributed by atoms with E-state index >= 15 is 0 Å². The highest BCUT2D eigenvalue weighted by Gasteiger charge is 2.42. The van der Waals surface area contributed by atoms with Gasteiger partial charge in [-0.3, -0.25) is 4.98 Å². The molecule has 18 heavy (non-hydrogen) atoms. The molecule has 0 aromatic carbocycles. The van der Waals surface area contributed by atoms with E-state index in [0.29, 0.717) is 11.6 Å². The van der Waals surface area contributed by atoms with Crippen LogP contribution in [0.25, 0.3) is 11.2 Å². The number of anilines is 1. The van der Waals surface area contributed by atoms with Gasteiger partial charge in [-0.2, -0.15) is 0 Å². The number of aromatic nitrogens is 3. The van der Waals surface area contributed by atoms with Gasteiger partial charge in [0.15, 0.2) is 5.65 Å². The molecule has 0 spiro atoms. The van der Waals surface area contributed by atoms with Crippen molar-refractivity contribution in [1.29, 1.82) is 0 Å². The van der Waals surface area contributed by atoms with Crippen molar-refractivity contribution < 1.29 is 0 Å². The fraction of sp³-hybridized carbons (Fsp3) is 0.462. The minimum atomic E-state index is -0.0843. The molecule has 0 radical (unpaired) electrons. The van der Waals surface area contributed by atoms with Gasteiger partial charge in [-0.1, -0.05) is 13.8 Å². The fourth-order valence-corrected chi connectivity index (χ4v) is 2.21. The van der Waals surface area contributed by atoms with E-state index in [1.807, 2.05) is 12.1 Å². The third-order valence-corrected chi connectivity index (χ3v) is 3.76. The second-order valence-corrected chi connectivity index (χ2v) is 5.31. The standard InChI is InChI=1S/C13H17N5/c1-9(2)13(14)7-18(8-13)11-4-3-10-12(17-11)16-6-5-15-10/h3-6,9H,7-8,14H2,1-2H3. The fourth-order valence-electron chi connectivity index (χ4n) is 2.21. The van der Waals surface area contributed by atoms with Crippen LogP contribution in [-0.4, -0.2) is 33.6 Å². The van der Waals surface area contributed by atoms with Gasteiger partial charge in [-0.15, -0.1) is 0 Å². The zero-order valence-electron chi connectivity index (χ0n) is 10.7. The molecule has 1 fully saturated rings. The summed E-state index contributed by atoms with van der Waals surface area (Å²) in [6.07, 6.45) is 3.34. The Hall–Kier alpha value is -1.75. The second kappa shape index (κ2) is 3.88. The summed E-state index contributed by atoms with van der Waals surface area (Å²) >= 11 is 0. The van der Waals surface area contributed by atoms with E-state index in [1.54, 1.807) is 12.4 Å². The summed E-state index contributed by atoms with van der Waals surface area (Å²) in [5.41, 5.74) is 7.72. The van der Waals surface area contributed by atoms with E-state index < -0.39 is 0 Å². The van der Waals surface area contributed by atoms with Crippen molar-refractivity contribution in [2.45, 2.75) is 19.4 Å². The highest BCUT2D eigenvalue weighted by Crippen LogP contribution is 2.30. The van der Waals surface area contributed by atoms with E-state index in [-0.39, 0.29) is 5.54 Å². The summed E-state index contributed by atoms with van der Waals surface area (Å²) in [4.78, 5) is 15.1. The summed E-state index contributed by atoms with van der Waals surface area (Å²) in [5, 5.41) is 0. The van der Waals surface area contributed by atoms with Crippen LogP contribution in [0.4, 0.5) is 5.82 Å². The van der Waals surface area contributed by atoms with Crippen molar-refractivity contribution >= 4 is 17.0 Å². The zero-order valence-corrected chi connectivity index (χ0v) is 10.7. The third kappa shape index (κ3) is 1.71.